The number of carbonyl (C=O) groups is 1. The largest absolute Gasteiger partial charge is 0.507 e. The SMILES string of the molecule is C=COC(=O)c1ccc(N)cc1O. The highest BCUT2D eigenvalue weighted by atomic mass is 16.5. The van der Waals surface area contributed by atoms with Gasteiger partial charge in [-0.25, -0.2) is 4.79 Å². The van der Waals surface area contributed by atoms with Gasteiger partial charge in [-0.15, -0.1) is 0 Å². The summed E-state index contributed by atoms with van der Waals surface area (Å²) in [6.45, 7) is 3.22. The van der Waals surface area contributed by atoms with Crippen molar-refractivity contribution >= 4 is 11.7 Å². The Kier molecular flexibility index (Phi) is 2.54. The van der Waals surface area contributed by atoms with Crippen LogP contribution in [0.4, 0.5) is 5.69 Å². The summed E-state index contributed by atoms with van der Waals surface area (Å²) in [5, 5.41) is 9.27. The van der Waals surface area contributed by atoms with Crippen LogP contribution in [0.1, 0.15) is 10.4 Å². The standard InChI is InChI=1S/C9H9NO3/c1-2-13-9(12)7-4-3-6(10)5-8(7)11/h2-5,11H,1,10H2. The Bertz CT molecular complexity index is 347. The number of ether oxygens (including phenoxy) is 1. The third kappa shape index (κ3) is 1.99. The van der Waals surface area contributed by atoms with Crippen molar-refractivity contribution in [1.82, 2.24) is 0 Å². The van der Waals surface area contributed by atoms with Crippen molar-refractivity contribution in [2.24, 2.45) is 0 Å². The van der Waals surface area contributed by atoms with Gasteiger partial charge in [0.15, 0.2) is 0 Å². The number of carbonyl (C=O) groups excluding carboxylic acids is 1. The fourth-order valence-corrected chi connectivity index (χ4v) is 0.860. The molecule has 0 atom stereocenters. The average molecular weight is 179 g/mol. The van der Waals surface area contributed by atoms with E-state index in [1.54, 1.807) is 0 Å². The molecule has 0 spiro atoms. The van der Waals surface area contributed by atoms with Crippen molar-refractivity contribution < 1.29 is 14.6 Å². The molecule has 1 aromatic rings. The Morgan fingerprint density at radius 3 is 2.85 bits per heavy atom. The van der Waals surface area contributed by atoms with Crippen LogP contribution in [0.5, 0.6) is 5.75 Å². The first kappa shape index (κ1) is 9.12. The maximum Gasteiger partial charge on any atom is 0.346 e. The molecule has 1 aromatic carbocycles. The van der Waals surface area contributed by atoms with Gasteiger partial charge in [-0.05, 0) is 12.1 Å². The molecule has 0 saturated carbocycles. The summed E-state index contributed by atoms with van der Waals surface area (Å²) in [6, 6.07) is 4.16. The zero-order valence-electron chi connectivity index (χ0n) is 6.86. The average Bonchev–Trinajstić information content (AvgIpc) is 2.04. The van der Waals surface area contributed by atoms with Crippen LogP contribution in [0.15, 0.2) is 31.0 Å². The number of benzene rings is 1. The molecule has 1 rings (SSSR count). The molecule has 0 fully saturated rings. The minimum atomic E-state index is -0.660. The number of anilines is 1. The van der Waals surface area contributed by atoms with Crippen LogP contribution in [-0.4, -0.2) is 11.1 Å². The Balaban J connectivity index is 3.01. The lowest BCUT2D eigenvalue weighted by Gasteiger charge is -2.02. The number of rotatable bonds is 2. The molecule has 0 unspecified atom stereocenters. The van der Waals surface area contributed by atoms with Gasteiger partial charge in [0.05, 0.1) is 6.26 Å². The zero-order valence-corrected chi connectivity index (χ0v) is 6.86. The summed E-state index contributed by atoms with van der Waals surface area (Å²) >= 11 is 0. The van der Waals surface area contributed by atoms with Crippen LogP contribution in [0.3, 0.4) is 0 Å². The number of phenolic OH excluding ortho intramolecular Hbond substituents is 1. The molecule has 4 nitrogen and oxygen atoms in total. The van der Waals surface area contributed by atoms with Crippen LogP contribution < -0.4 is 5.73 Å². The molecule has 0 aliphatic rings. The van der Waals surface area contributed by atoms with Crippen molar-refractivity contribution in [1.29, 1.82) is 0 Å². The molecule has 0 aliphatic heterocycles. The number of hydrogen-bond acceptors (Lipinski definition) is 4. The van der Waals surface area contributed by atoms with Crippen LogP contribution in [0, 0.1) is 0 Å². The van der Waals surface area contributed by atoms with E-state index in [-0.39, 0.29) is 11.3 Å². The molecular formula is C9H9NO3. The molecule has 0 heterocycles. The zero-order chi connectivity index (χ0) is 9.84. The Hall–Kier alpha value is -1.97. The number of hydrogen-bond donors (Lipinski definition) is 2. The van der Waals surface area contributed by atoms with Crippen LogP contribution in [-0.2, 0) is 4.74 Å². The third-order valence-electron chi connectivity index (χ3n) is 1.43. The van der Waals surface area contributed by atoms with Crippen molar-refractivity contribution in [2.75, 3.05) is 5.73 Å². The van der Waals surface area contributed by atoms with E-state index in [1.807, 2.05) is 0 Å². The van der Waals surface area contributed by atoms with E-state index in [9.17, 15) is 9.90 Å². The summed E-state index contributed by atoms with van der Waals surface area (Å²) in [7, 11) is 0. The molecule has 0 amide bonds. The second kappa shape index (κ2) is 3.62. The van der Waals surface area contributed by atoms with E-state index in [0.717, 1.165) is 6.26 Å². The van der Waals surface area contributed by atoms with Gasteiger partial charge in [0, 0.05) is 11.8 Å². The lowest BCUT2D eigenvalue weighted by molar-refractivity contribution is 0.0661. The molecule has 0 bridgehead atoms. The second-order valence-electron chi connectivity index (χ2n) is 2.35. The number of nitrogens with two attached hydrogens (primary N) is 1. The monoisotopic (exact) mass is 179 g/mol. The molecule has 3 N–H and O–H groups in total. The van der Waals surface area contributed by atoms with E-state index < -0.39 is 5.97 Å². The van der Waals surface area contributed by atoms with Crippen molar-refractivity contribution in [3.8, 4) is 5.75 Å². The predicted octanol–water partition coefficient (Wildman–Crippen LogP) is 1.27. The van der Waals surface area contributed by atoms with Crippen molar-refractivity contribution in [3.05, 3.63) is 36.6 Å². The molecule has 68 valence electrons. The van der Waals surface area contributed by atoms with Gasteiger partial charge in [0.1, 0.15) is 11.3 Å². The van der Waals surface area contributed by atoms with Crippen LogP contribution in [0.25, 0.3) is 0 Å². The first-order valence-electron chi connectivity index (χ1n) is 3.55. The van der Waals surface area contributed by atoms with Crippen molar-refractivity contribution in [3.63, 3.8) is 0 Å². The first-order chi connectivity index (χ1) is 6.15. The normalized spacial score (nSPS) is 9.23. The highest BCUT2D eigenvalue weighted by Crippen LogP contribution is 2.20. The Labute approximate surface area is 75.2 Å². The Morgan fingerprint density at radius 2 is 2.31 bits per heavy atom. The van der Waals surface area contributed by atoms with Gasteiger partial charge < -0.3 is 15.6 Å². The van der Waals surface area contributed by atoms with Crippen LogP contribution >= 0.6 is 0 Å². The molecule has 13 heavy (non-hydrogen) atoms. The quantitative estimate of drug-likeness (QED) is 0.407. The molecule has 0 saturated heterocycles. The number of esters is 1. The third-order valence-corrected chi connectivity index (χ3v) is 1.43. The fourth-order valence-electron chi connectivity index (χ4n) is 0.860. The Morgan fingerprint density at radius 1 is 1.62 bits per heavy atom. The smallest absolute Gasteiger partial charge is 0.346 e. The lowest BCUT2D eigenvalue weighted by atomic mass is 10.2. The summed E-state index contributed by atoms with van der Waals surface area (Å²) in [6.07, 6.45) is 0.998. The summed E-state index contributed by atoms with van der Waals surface area (Å²) in [4.78, 5) is 11.1. The fraction of sp³-hybridized carbons (Fsp3) is 0. The molecule has 4 heteroatoms. The second-order valence-corrected chi connectivity index (χ2v) is 2.35. The number of nitrogen functional groups attached to an aromatic ring is 1. The highest BCUT2D eigenvalue weighted by Gasteiger charge is 2.10. The minimum absolute atomic E-state index is 0.0640. The highest BCUT2D eigenvalue weighted by molar-refractivity contribution is 5.93. The van der Waals surface area contributed by atoms with E-state index in [1.165, 1.54) is 18.2 Å². The molecule has 0 aromatic heterocycles. The van der Waals surface area contributed by atoms with E-state index >= 15 is 0 Å². The predicted molar refractivity (Wildman–Crippen MR) is 48.1 cm³/mol. The summed E-state index contributed by atoms with van der Waals surface area (Å²) in [5.74, 6) is -0.862. The molecule has 0 aliphatic carbocycles. The summed E-state index contributed by atoms with van der Waals surface area (Å²) < 4.78 is 4.47. The molecule has 0 radical (unpaired) electrons. The van der Waals surface area contributed by atoms with E-state index in [0.29, 0.717) is 5.69 Å². The topological polar surface area (TPSA) is 72.5 Å². The maximum atomic E-state index is 11.1. The van der Waals surface area contributed by atoms with Crippen LogP contribution in [0.2, 0.25) is 0 Å². The van der Waals surface area contributed by atoms with Gasteiger partial charge in [-0.1, -0.05) is 6.58 Å². The van der Waals surface area contributed by atoms with Gasteiger partial charge in [0.25, 0.3) is 0 Å². The van der Waals surface area contributed by atoms with E-state index in [4.69, 9.17) is 5.73 Å². The lowest BCUT2D eigenvalue weighted by Crippen LogP contribution is -2.01. The van der Waals surface area contributed by atoms with Gasteiger partial charge in [0.2, 0.25) is 0 Å². The first-order valence-corrected chi connectivity index (χ1v) is 3.55. The van der Waals surface area contributed by atoms with E-state index in [2.05, 4.69) is 11.3 Å². The summed E-state index contributed by atoms with van der Waals surface area (Å²) in [5.41, 5.74) is 5.82. The van der Waals surface area contributed by atoms with Gasteiger partial charge in [-0.3, -0.25) is 0 Å². The van der Waals surface area contributed by atoms with Crippen molar-refractivity contribution in [2.45, 2.75) is 0 Å². The maximum absolute atomic E-state index is 11.1. The number of aromatic hydroxyl groups is 1. The molecular weight excluding hydrogens is 170 g/mol. The van der Waals surface area contributed by atoms with Gasteiger partial charge >= 0.3 is 5.97 Å². The number of phenols is 1. The minimum Gasteiger partial charge on any atom is -0.507 e. The van der Waals surface area contributed by atoms with Gasteiger partial charge in [-0.2, -0.15) is 0 Å².